The number of ether oxygens (including phenoxy) is 1. The molecule has 1 unspecified atom stereocenters. The number of carboxylic acids is 1. The Morgan fingerprint density at radius 3 is 3.12 bits per heavy atom. The molecule has 0 saturated carbocycles. The Morgan fingerprint density at radius 1 is 1.59 bits per heavy atom. The number of nitrogens with one attached hydrogen (secondary N) is 1. The molecule has 5 nitrogen and oxygen atoms in total. The molecule has 92 valence electrons. The maximum Gasteiger partial charge on any atom is 0.335 e. The summed E-state index contributed by atoms with van der Waals surface area (Å²) in [6, 6.07) is 5.11. The number of carboxylic acid groups (broad SMARTS) is 1. The normalized spacial score (nSPS) is 17.8. The molecule has 0 radical (unpaired) electrons. The third kappa shape index (κ3) is 2.68. The SMILES string of the molecule is NCCCC1COc2cc(C(=O)O)ccc2N1. The van der Waals surface area contributed by atoms with Crippen LogP contribution in [-0.4, -0.2) is 30.3 Å². The fourth-order valence-corrected chi connectivity index (χ4v) is 1.87. The summed E-state index contributed by atoms with van der Waals surface area (Å²) >= 11 is 0. The van der Waals surface area contributed by atoms with Gasteiger partial charge in [0.05, 0.1) is 17.3 Å². The molecule has 0 spiro atoms. The van der Waals surface area contributed by atoms with E-state index < -0.39 is 5.97 Å². The topological polar surface area (TPSA) is 84.6 Å². The minimum Gasteiger partial charge on any atom is -0.489 e. The number of aromatic carboxylic acids is 1. The van der Waals surface area contributed by atoms with Gasteiger partial charge in [-0.3, -0.25) is 0 Å². The van der Waals surface area contributed by atoms with Crippen LogP contribution in [0.5, 0.6) is 5.75 Å². The van der Waals surface area contributed by atoms with Crippen LogP contribution in [0.1, 0.15) is 23.2 Å². The van der Waals surface area contributed by atoms with Crippen LogP contribution in [0.2, 0.25) is 0 Å². The van der Waals surface area contributed by atoms with Crippen LogP contribution in [0.3, 0.4) is 0 Å². The van der Waals surface area contributed by atoms with Gasteiger partial charge in [0.2, 0.25) is 0 Å². The van der Waals surface area contributed by atoms with Gasteiger partial charge in [-0.1, -0.05) is 0 Å². The molecule has 0 bridgehead atoms. The lowest BCUT2D eigenvalue weighted by Gasteiger charge is -2.27. The van der Waals surface area contributed by atoms with Crippen LogP contribution in [0.4, 0.5) is 5.69 Å². The summed E-state index contributed by atoms with van der Waals surface area (Å²) < 4.78 is 5.56. The van der Waals surface area contributed by atoms with E-state index in [1.54, 1.807) is 18.2 Å². The van der Waals surface area contributed by atoms with E-state index in [4.69, 9.17) is 15.6 Å². The number of fused-ring (bicyclic) bond motifs is 1. The highest BCUT2D eigenvalue weighted by Gasteiger charge is 2.19. The molecule has 1 aliphatic heterocycles. The number of rotatable bonds is 4. The van der Waals surface area contributed by atoms with Crippen molar-refractivity contribution in [3.63, 3.8) is 0 Å². The zero-order chi connectivity index (χ0) is 12.3. The molecule has 1 aromatic rings. The van der Waals surface area contributed by atoms with Crippen LogP contribution in [0.15, 0.2) is 18.2 Å². The van der Waals surface area contributed by atoms with Crippen molar-refractivity contribution in [2.45, 2.75) is 18.9 Å². The van der Waals surface area contributed by atoms with Gasteiger partial charge in [0.15, 0.2) is 0 Å². The first kappa shape index (κ1) is 11.7. The molecule has 4 N–H and O–H groups in total. The molecule has 1 aliphatic rings. The monoisotopic (exact) mass is 236 g/mol. The highest BCUT2D eigenvalue weighted by Crippen LogP contribution is 2.30. The lowest BCUT2D eigenvalue weighted by Crippen LogP contribution is -2.31. The first-order valence-corrected chi connectivity index (χ1v) is 5.67. The van der Waals surface area contributed by atoms with Gasteiger partial charge < -0.3 is 20.9 Å². The van der Waals surface area contributed by atoms with Crippen molar-refractivity contribution in [3.05, 3.63) is 23.8 Å². The molecule has 0 fully saturated rings. The van der Waals surface area contributed by atoms with Gasteiger partial charge in [0, 0.05) is 0 Å². The maximum atomic E-state index is 10.8. The van der Waals surface area contributed by atoms with E-state index in [2.05, 4.69) is 5.32 Å². The first-order chi connectivity index (χ1) is 8.20. The summed E-state index contributed by atoms with van der Waals surface area (Å²) in [7, 11) is 0. The largest absolute Gasteiger partial charge is 0.489 e. The number of nitrogens with two attached hydrogens (primary N) is 1. The Morgan fingerprint density at radius 2 is 2.41 bits per heavy atom. The zero-order valence-electron chi connectivity index (χ0n) is 9.48. The fraction of sp³-hybridized carbons (Fsp3) is 0.417. The second-order valence-electron chi connectivity index (χ2n) is 4.10. The second kappa shape index (κ2) is 5.05. The van der Waals surface area contributed by atoms with Crippen molar-refractivity contribution in [2.24, 2.45) is 5.73 Å². The van der Waals surface area contributed by atoms with Crippen LogP contribution < -0.4 is 15.8 Å². The molecule has 0 amide bonds. The highest BCUT2D eigenvalue weighted by molar-refractivity contribution is 5.89. The van der Waals surface area contributed by atoms with Crippen molar-refractivity contribution in [1.29, 1.82) is 0 Å². The van der Waals surface area contributed by atoms with Crippen molar-refractivity contribution in [1.82, 2.24) is 0 Å². The van der Waals surface area contributed by atoms with Gasteiger partial charge in [0.25, 0.3) is 0 Å². The molecule has 2 rings (SSSR count). The molecule has 5 heteroatoms. The molecule has 0 saturated heterocycles. The van der Waals surface area contributed by atoms with E-state index in [1.807, 2.05) is 0 Å². The van der Waals surface area contributed by atoms with E-state index in [9.17, 15) is 4.79 Å². The van der Waals surface area contributed by atoms with E-state index in [0.717, 1.165) is 18.5 Å². The minimum atomic E-state index is -0.943. The van der Waals surface area contributed by atoms with E-state index in [-0.39, 0.29) is 11.6 Å². The number of hydrogen-bond acceptors (Lipinski definition) is 4. The van der Waals surface area contributed by atoms with Crippen molar-refractivity contribution in [2.75, 3.05) is 18.5 Å². The van der Waals surface area contributed by atoms with E-state index >= 15 is 0 Å². The van der Waals surface area contributed by atoms with Crippen molar-refractivity contribution in [3.8, 4) is 5.75 Å². The van der Waals surface area contributed by atoms with Gasteiger partial charge in [-0.25, -0.2) is 4.79 Å². The number of anilines is 1. The van der Waals surface area contributed by atoms with E-state index in [1.165, 1.54) is 0 Å². The van der Waals surface area contributed by atoms with E-state index in [0.29, 0.717) is 18.9 Å². The fourth-order valence-electron chi connectivity index (χ4n) is 1.87. The predicted molar refractivity (Wildman–Crippen MR) is 64.6 cm³/mol. The second-order valence-corrected chi connectivity index (χ2v) is 4.10. The molecule has 0 aliphatic carbocycles. The third-order valence-electron chi connectivity index (χ3n) is 2.78. The Hall–Kier alpha value is -1.75. The molecule has 1 heterocycles. The minimum absolute atomic E-state index is 0.242. The standard InChI is InChI=1S/C12H16N2O3/c13-5-1-2-9-7-17-11-6-8(12(15)16)3-4-10(11)14-9/h3-4,6,9,14H,1-2,5,7,13H2,(H,15,16). The predicted octanol–water partition coefficient (Wildman–Crippen LogP) is 1.30. The average molecular weight is 236 g/mol. The van der Waals surface area contributed by atoms with Gasteiger partial charge in [-0.15, -0.1) is 0 Å². The molecular formula is C12H16N2O3. The quantitative estimate of drug-likeness (QED) is 0.733. The van der Waals surface area contributed by atoms with Gasteiger partial charge in [-0.05, 0) is 37.6 Å². The summed E-state index contributed by atoms with van der Waals surface area (Å²) in [5, 5.41) is 12.2. The zero-order valence-corrected chi connectivity index (χ0v) is 9.48. The molecule has 0 aromatic heterocycles. The summed E-state index contributed by atoms with van der Waals surface area (Å²) in [5.74, 6) is -0.337. The van der Waals surface area contributed by atoms with Crippen molar-refractivity contribution >= 4 is 11.7 Å². The van der Waals surface area contributed by atoms with Gasteiger partial charge >= 0.3 is 5.97 Å². The van der Waals surface area contributed by atoms with Crippen LogP contribution in [0.25, 0.3) is 0 Å². The Bertz CT molecular complexity index is 420. The number of carbonyl (C=O) groups is 1. The van der Waals surface area contributed by atoms with Crippen molar-refractivity contribution < 1.29 is 14.6 Å². The summed E-state index contributed by atoms with van der Waals surface area (Å²) in [6.07, 6.45) is 1.90. The Kier molecular flexibility index (Phi) is 3.49. The highest BCUT2D eigenvalue weighted by atomic mass is 16.5. The maximum absolute atomic E-state index is 10.8. The molecule has 1 aromatic carbocycles. The molecule has 1 atom stereocenters. The van der Waals surface area contributed by atoms with Gasteiger partial charge in [-0.2, -0.15) is 0 Å². The number of hydrogen-bond donors (Lipinski definition) is 3. The summed E-state index contributed by atoms with van der Waals surface area (Å²) in [6.45, 7) is 1.22. The number of benzene rings is 1. The smallest absolute Gasteiger partial charge is 0.335 e. The average Bonchev–Trinajstić information content (AvgIpc) is 2.35. The van der Waals surface area contributed by atoms with Crippen LogP contribution in [0, 0.1) is 0 Å². The van der Waals surface area contributed by atoms with Crippen LogP contribution >= 0.6 is 0 Å². The molecule has 17 heavy (non-hydrogen) atoms. The first-order valence-electron chi connectivity index (χ1n) is 5.67. The van der Waals surface area contributed by atoms with Gasteiger partial charge in [0.1, 0.15) is 12.4 Å². The lowest BCUT2D eigenvalue weighted by atomic mass is 10.1. The lowest BCUT2D eigenvalue weighted by molar-refractivity contribution is 0.0696. The third-order valence-corrected chi connectivity index (χ3v) is 2.78. The summed E-state index contributed by atoms with van der Waals surface area (Å²) in [4.78, 5) is 10.8. The Labute approximate surface area is 99.6 Å². The molecular weight excluding hydrogens is 220 g/mol. The van der Waals surface area contributed by atoms with Crippen LogP contribution in [-0.2, 0) is 0 Å². The summed E-state index contributed by atoms with van der Waals surface area (Å²) in [5.41, 5.74) is 6.55. The Balaban J connectivity index is 2.09.